The lowest BCUT2D eigenvalue weighted by Gasteiger charge is -2.32. The molecule has 3 aromatic carbocycles. The first-order valence-electron chi connectivity index (χ1n) is 13.6. The minimum absolute atomic E-state index is 0.0190. The van der Waals surface area contributed by atoms with Crippen LogP contribution in [0, 0.1) is 12.8 Å². The number of carbonyl (C=O) groups is 2. The van der Waals surface area contributed by atoms with E-state index in [-0.39, 0.29) is 39.7 Å². The van der Waals surface area contributed by atoms with Crippen LogP contribution in [0.2, 0.25) is 10.0 Å². The molecule has 3 rings (SSSR count). The minimum atomic E-state index is -4.30. The predicted molar refractivity (Wildman–Crippen MR) is 170 cm³/mol. The third kappa shape index (κ3) is 8.55. The fraction of sp³-hybridized carbons (Fsp3) is 0.355. The van der Waals surface area contributed by atoms with Crippen molar-refractivity contribution in [3.05, 3.63) is 81.8 Å². The van der Waals surface area contributed by atoms with Crippen LogP contribution in [0.4, 0.5) is 5.69 Å². The number of methoxy groups -OCH3 is 2. The molecule has 0 radical (unpaired) electrons. The van der Waals surface area contributed by atoms with E-state index in [1.807, 2.05) is 20.8 Å². The number of nitrogens with one attached hydrogen (secondary N) is 1. The van der Waals surface area contributed by atoms with Gasteiger partial charge in [0.05, 0.1) is 34.8 Å². The lowest BCUT2D eigenvalue weighted by molar-refractivity contribution is -0.139. The molecule has 0 unspecified atom stereocenters. The van der Waals surface area contributed by atoms with Crippen molar-refractivity contribution in [1.29, 1.82) is 0 Å². The van der Waals surface area contributed by atoms with Crippen molar-refractivity contribution < 1.29 is 27.5 Å². The zero-order valence-corrected chi connectivity index (χ0v) is 27.4. The maximum absolute atomic E-state index is 14.2. The molecule has 1 N–H and O–H groups in total. The quantitative estimate of drug-likeness (QED) is 0.255. The summed E-state index contributed by atoms with van der Waals surface area (Å²) in [6, 6.07) is 14.9. The summed E-state index contributed by atoms with van der Waals surface area (Å²) in [5.74, 6) is -0.247. The van der Waals surface area contributed by atoms with Crippen molar-refractivity contribution in [3.8, 4) is 11.5 Å². The fourth-order valence-electron chi connectivity index (χ4n) is 4.21. The SMILES string of the molecule is COc1ccc(OC)c(N(CC(=O)N(Cc2ccc(Cl)c(Cl)c2)[C@@H](C)C(=O)NCC(C)C)S(=O)(=O)c2ccc(C)cc2)c1. The zero-order valence-electron chi connectivity index (χ0n) is 25.1. The number of benzene rings is 3. The van der Waals surface area contributed by atoms with Gasteiger partial charge in [0.2, 0.25) is 11.8 Å². The van der Waals surface area contributed by atoms with Crippen LogP contribution in [0.1, 0.15) is 31.9 Å². The topological polar surface area (TPSA) is 105 Å². The van der Waals surface area contributed by atoms with E-state index in [0.717, 1.165) is 9.87 Å². The molecule has 0 aliphatic rings. The molecule has 0 aliphatic heterocycles. The number of hydrogen-bond acceptors (Lipinski definition) is 6. The monoisotopic (exact) mass is 649 g/mol. The first-order chi connectivity index (χ1) is 20.3. The molecule has 232 valence electrons. The van der Waals surface area contributed by atoms with Gasteiger partial charge in [-0.3, -0.25) is 13.9 Å². The number of amides is 2. The van der Waals surface area contributed by atoms with Crippen LogP contribution in [0.25, 0.3) is 0 Å². The molecule has 0 aromatic heterocycles. The molecular formula is C31H37Cl2N3O6S. The van der Waals surface area contributed by atoms with Gasteiger partial charge in [0.25, 0.3) is 10.0 Å². The highest BCUT2D eigenvalue weighted by Gasteiger charge is 2.34. The molecule has 0 aliphatic carbocycles. The Morgan fingerprint density at radius 3 is 2.16 bits per heavy atom. The van der Waals surface area contributed by atoms with E-state index in [0.29, 0.717) is 22.9 Å². The van der Waals surface area contributed by atoms with Crippen molar-refractivity contribution in [3.63, 3.8) is 0 Å². The van der Waals surface area contributed by atoms with E-state index in [1.165, 1.54) is 37.3 Å². The Balaban J connectivity index is 2.12. The number of anilines is 1. The maximum atomic E-state index is 14.2. The molecule has 0 bridgehead atoms. The van der Waals surface area contributed by atoms with Gasteiger partial charge in [-0.2, -0.15) is 0 Å². The molecule has 0 saturated heterocycles. The second-order valence-electron chi connectivity index (χ2n) is 10.4. The molecule has 0 fully saturated rings. The van der Waals surface area contributed by atoms with Gasteiger partial charge in [-0.15, -0.1) is 0 Å². The lowest BCUT2D eigenvalue weighted by atomic mass is 10.1. The van der Waals surface area contributed by atoms with Crippen molar-refractivity contribution in [2.24, 2.45) is 5.92 Å². The predicted octanol–water partition coefficient (Wildman–Crippen LogP) is 5.70. The largest absolute Gasteiger partial charge is 0.497 e. The number of hydrogen-bond donors (Lipinski definition) is 1. The molecule has 43 heavy (non-hydrogen) atoms. The third-order valence-corrected chi connectivity index (χ3v) is 9.24. The van der Waals surface area contributed by atoms with Gasteiger partial charge in [-0.1, -0.05) is 60.8 Å². The summed E-state index contributed by atoms with van der Waals surface area (Å²) in [5.41, 5.74) is 1.58. The third-order valence-electron chi connectivity index (χ3n) is 6.73. The van der Waals surface area contributed by atoms with Crippen molar-refractivity contribution in [2.45, 2.75) is 45.2 Å². The Bertz CT molecular complexity index is 1550. The Hall–Kier alpha value is -3.47. The van der Waals surface area contributed by atoms with Crippen LogP contribution < -0.4 is 19.1 Å². The molecule has 2 amide bonds. The van der Waals surface area contributed by atoms with Gasteiger partial charge < -0.3 is 19.7 Å². The van der Waals surface area contributed by atoms with E-state index >= 15 is 0 Å². The Morgan fingerprint density at radius 2 is 1.58 bits per heavy atom. The van der Waals surface area contributed by atoms with Crippen LogP contribution in [-0.4, -0.2) is 58.5 Å². The Labute approximate surface area is 263 Å². The summed E-state index contributed by atoms with van der Waals surface area (Å²) in [6.45, 7) is 7.10. The average Bonchev–Trinajstić information content (AvgIpc) is 2.98. The highest BCUT2D eigenvalue weighted by molar-refractivity contribution is 7.92. The molecular weight excluding hydrogens is 613 g/mol. The van der Waals surface area contributed by atoms with Crippen LogP contribution in [0.15, 0.2) is 65.6 Å². The van der Waals surface area contributed by atoms with E-state index < -0.39 is 28.5 Å². The number of ether oxygens (including phenoxy) is 2. The first kappa shape index (κ1) is 34.0. The van der Waals surface area contributed by atoms with Crippen molar-refractivity contribution in [2.75, 3.05) is 31.6 Å². The van der Waals surface area contributed by atoms with Gasteiger partial charge in [0.15, 0.2) is 0 Å². The molecule has 0 spiro atoms. The van der Waals surface area contributed by atoms with Gasteiger partial charge >= 0.3 is 0 Å². The Kier molecular flexibility index (Phi) is 11.7. The van der Waals surface area contributed by atoms with E-state index in [4.69, 9.17) is 32.7 Å². The van der Waals surface area contributed by atoms with Crippen molar-refractivity contribution >= 4 is 50.7 Å². The summed E-state index contributed by atoms with van der Waals surface area (Å²) in [5, 5.41) is 3.48. The smallest absolute Gasteiger partial charge is 0.264 e. The Morgan fingerprint density at radius 1 is 0.907 bits per heavy atom. The van der Waals surface area contributed by atoms with E-state index in [2.05, 4.69) is 5.32 Å². The van der Waals surface area contributed by atoms with Gasteiger partial charge in [-0.05, 0) is 61.7 Å². The number of rotatable bonds is 13. The number of nitrogens with zero attached hydrogens (tertiary/aromatic N) is 2. The molecule has 0 heterocycles. The van der Waals surface area contributed by atoms with Crippen LogP contribution >= 0.6 is 23.2 Å². The van der Waals surface area contributed by atoms with Crippen LogP contribution in [0.5, 0.6) is 11.5 Å². The van der Waals surface area contributed by atoms with E-state index in [1.54, 1.807) is 49.4 Å². The standard InChI is InChI=1S/C31H37Cl2N3O6S/c1-20(2)17-34-31(38)22(4)35(18-23-9-13-26(32)27(33)15-23)30(37)19-36(28-16-24(41-5)10-14-29(28)42-6)43(39,40)25-11-7-21(3)8-12-25/h7-16,20,22H,17-19H2,1-6H3,(H,34,38)/t22-/m0/s1. The number of halogens is 2. The number of aryl methyl sites for hydroxylation is 1. The summed E-state index contributed by atoms with van der Waals surface area (Å²) in [7, 11) is -1.44. The average molecular weight is 651 g/mol. The molecule has 12 heteroatoms. The summed E-state index contributed by atoms with van der Waals surface area (Å²) in [6.07, 6.45) is 0. The summed E-state index contributed by atoms with van der Waals surface area (Å²) < 4.78 is 40.1. The highest BCUT2D eigenvalue weighted by Crippen LogP contribution is 2.36. The molecule has 9 nitrogen and oxygen atoms in total. The van der Waals surface area contributed by atoms with Crippen LogP contribution in [0.3, 0.4) is 0 Å². The minimum Gasteiger partial charge on any atom is -0.497 e. The zero-order chi connectivity index (χ0) is 31.9. The second kappa shape index (κ2) is 14.8. The maximum Gasteiger partial charge on any atom is 0.264 e. The number of sulfonamides is 1. The van der Waals surface area contributed by atoms with Gasteiger partial charge in [0, 0.05) is 19.2 Å². The fourth-order valence-corrected chi connectivity index (χ4v) is 5.95. The molecule has 0 saturated carbocycles. The second-order valence-corrected chi connectivity index (χ2v) is 13.1. The summed E-state index contributed by atoms with van der Waals surface area (Å²) >= 11 is 12.3. The first-order valence-corrected chi connectivity index (χ1v) is 15.8. The summed E-state index contributed by atoms with van der Waals surface area (Å²) in [4.78, 5) is 28.6. The molecule has 3 aromatic rings. The normalized spacial score (nSPS) is 12.0. The van der Waals surface area contributed by atoms with Gasteiger partial charge in [-0.25, -0.2) is 8.42 Å². The van der Waals surface area contributed by atoms with Crippen molar-refractivity contribution in [1.82, 2.24) is 10.2 Å². The van der Waals surface area contributed by atoms with Gasteiger partial charge in [0.1, 0.15) is 24.1 Å². The molecule has 1 atom stereocenters. The highest BCUT2D eigenvalue weighted by atomic mass is 35.5. The van der Waals surface area contributed by atoms with Crippen LogP contribution in [-0.2, 0) is 26.2 Å². The lowest BCUT2D eigenvalue weighted by Crippen LogP contribution is -2.51. The number of carbonyl (C=O) groups excluding carboxylic acids is 2. The van der Waals surface area contributed by atoms with E-state index in [9.17, 15) is 18.0 Å².